The number of aliphatic hydroxyl groups is 1. The number of rotatable bonds is 3. The van der Waals surface area contributed by atoms with Crippen molar-refractivity contribution in [3.8, 4) is 17.6 Å². The van der Waals surface area contributed by atoms with Crippen LogP contribution in [0.5, 0.6) is 5.75 Å². The Balaban J connectivity index is 2.45. The van der Waals surface area contributed by atoms with Crippen LogP contribution in [0.4, 0.5) is 0 Å². The van der Waals surface area contributed by atoms with Crippen molar-refractivity contribution in [1.29, 1.82) is 0 Å². The SMILES string of the molecule is COc1ccc(C#CCO)c(Cn2c(C)csc2=O)c1. The molecule has 1 heterocycles. The Labute approximate surface area is 121 Å². The number of hydrogen-bond acceptors (Lipinski definition) is 4. The first kappa shape index (κ1) is 14.4. The van der Waals surface area contributed by atoms with Crippen molar-refractivity contribution in [2.75, 3.05) is 13.7 Å². The van der Waals surface area contributed by atoms with Gasteiger partial charge in [-0.05, 0) is 30.7 Å². The van der Waals surface area contributed by atoms with Crippen molar-refractivity contribution in [3.63, 3.8) is 0 Å². The zero-order chi connectivity index (χ0) is 14.5. The summed E-state index contributed by atoms with van der Waals surface area (Å²) in [5.41, 5.74) is 2.61. The number of aliphatic hydroxyl groups excluding tert-OH is 1. The predicted molar refractivity (Wildman–Crippen MR) is 79.4 cm³/mol. The number of benzene rings is 1. The molecule has 0 bridgehead atoms. The van der Waals surface area contributed by atoms with E-state index in [1.54, 1.807) is 11.7 Å². The summed E-state index contributed by atoms with van der Waals surface area (Å²) in [6, 6.07) is 5.52. The normalized spacial score (nSPS) is 9.95. The first-order chi connectivity index (χ1) is 9.65. The molecule has 0 aliphatic rings. The third kappa shape index (κ3) is 3.10. The fourth-order valence-electron chi connectivity index (χ4n) is 1.85. The van der Waals surface area contributed by atoms with E-state index in [2.05, 4.69) is 11.8 Å². The van der Waals surface area contributed by atoms with Gasteiger partial charge in [0.25, 0.3) is 0 Å². The average Bonchev–Trinajstić information content (AvgIpc) is 2.77. The van der Waals surface area contributed by atoms with Crippen molar-refractivity contribution in [3.05, 3.63) is 50.1 Å². The minimum atomic E-state index is -0.192. The fraction of sp³-hybridized carbons (Fsp3) is 0.267. The van der Waals surface area contributed by atoms with Crippen LogP contribution < -0.4 is 9.61 Å². The van der Waals surface area contributed by atoms with Gasteiger partial charge in [0.15, 0.2) is 0 Å². The maximum absolute atomic E-state index is 11.8. The molecule has 1 N–H and O–H groups in total. The van der Waals surface area contributed by atoms with Crippen LogP contribution >= 0.6 is 11.3 Å². The van der Waals surface area contributed by atoms with Crippen LogP contribution in [0.2, 0.25) is 0 Å². The van der Waals surface area contributed by atoms with Crippen molar-refractivity contribution in [2.45, 2.75) is 13.5 Å². The number of nitrogens with zero attached hydrogens (tertiary/aromatic N) is 1. The third-order valence-corrected chi connectivity index (χ3v) is 3.80. The Kier molecular flexibility index (Phi) is 4.61. The highest BCUT2D eigenvalue weighted by atomic mass is 32.1. The lowest BCUT2D eigenvalue weighted by atomic mass is 10.1. The molecule has 0 radical (unpaired) electrons. The highest BCUT2D eigenvalue weighted by molar-refractivity contribution is 7.07. The lowest BCUT2D eigenvalue weighted by molar-refractivity contribution is 0.350. The van der Waals surface area contributed by atoms with Crippen molar-refractivity contribution < 1.29 is 9.84 Å². The average molecular weight is 289 g/mol. The second kappa shape index (κ2) is 6.42. The molecule has 0 fully saturated rings. The summed E-state index contributed by atoms with van der Waals surface area (Å²) in [6.07, 6.45) is 0. The molecule has 104 valence electrons. The molecular weight excluding hydrogens is 274 g/mol. The van der Waals surface area contributed by atoms with Crippen LogP contribution in [0.3, 0.4) is 0 Å². The summed E-state index contributed by atoms with van der Waals surface area (Å²) in [5, 5.41) is 10.6. The van der Waals surface area contributed by atoms with Gasteiger partial charge in [-0.25, -0.2) is 0 Å². The summed E-state index contributed by atoms with van der Waals surface area (Å²) in [7, 11) is 1.60. The van der Waals surface area contributed by atoms with Crippen molar-refractivity contribution in [2.24, 2.45) is 0 Å². The fourth-order valence-corrected chi connectivity index (χ4v) is 2.59. The van der Waals surface area contributed by atoms with Crippen LogP contribution in [0, 0.1) is 18.8 Å². The summed E-state index contributed by atoms with van der Waals surface area (Å²) >= 11 is 1.18. The Hall–Kier alpha value is -2.03. The third-order valence-electron chi connectivity index (χ3n) is 2.92. The van der Waals surface area contributed by atoms with Crippen LogP contribution in [-0.2, 0) is 6.54 Å². The highest BCUT2D eigenvalue weighted by Crippen LogP contribution is 2.18. The standard InChI is InChI=1S/C15H15NO3S/c1-11-10-20-15(18)16(11)9-13-8-14(19-2)6-5-12(13)4-3-7-17/h5-6,8,10,17H,7,9H2,1-2H3. The van der Waals surface area contributed by atoms with Gasteiger partial charge in [0, 0.05) is 16.6 Å². The van der Waals surface area contributed by atoms with Crippen LogP contribution in [0.15, 0.2) is 28.4 Å². The maximum atomic E-state index is 11.8. The van der Waals surface area contributed by atoms with E-state index in [4.69, 9.17) is 9.84 Å². The molecule has 4 nitrogen and oxygen atoms in total. The number of hydrogen-bond donors (Lipinski definition) is 1. The molecule has 0 saturated heterocycles. The monoisotopic (exact) mass is 289 g/mol. The van der Waals surface area contributed by atoms with Crippen molar-refractivity contribution >= 4 is 11.3 Å². The van der Waals surface area contributed by atoms with Gasteiger partial charge in [-0.2, -0.15) is 0 Å². The minimum Gasteiger partial charge on any atom is -0.497 e. The first-order valence-electron chi connectivity index (χ1n) is 6.07. The van der Waals surface area contributed by atoms with E-state index >= 15 is 0 Å². The second-order valence-corrected chi connectivity index (χ2v) is 5.03. The van der Waals surface area contributed by atoms with Gasteiger partial charge in [0.2, 0.25) is 0 Å². The molecule has 5 heteroatoms. The molecule has 1 aromatic carbocycles. The largest absolute Gasteiger partial charge is 0.497 e. The number of methoxy groups -OCH3 is 1. The second-order valence-electron chi connectivity index (χ2n) is 4.21. The molecule has 0 saturated carbocycles. The van der Waals surface area contributed by atoms with E-state index in [-0.39, 0.29) is 11.5 Å². The Morgan fingerprint density at radius 2 is 2.25 bits per heavy atom. The summed E-state index contributed by atoms with van der Waals surface area (Å²) in [6.45, 7) is 2.15. The molecule has 1 aromatic heterocycles. The molecule has 0 spiro atoms. The lowest BCUT2D eigenvalue weighted by Gasteiger charge is -2.09. The summed E-state index contributed by atoms with van der Waals surface area (Å²) in [4.78, 5) is 11.8. The van der Waals surface area contributed by atoms with Gasteiger partial charge in [-0.3, -0.25) is 9.36 Å². The Bertz CT molecular complexity index is 719. The van der Waals surface area contributed by atoms with Crippen LogP contribution in [0.25, 0.3) is 0 Å². The van der Waals surface area contributed by atoms with Gasteiger partial charge in [0.1, 0.15) is 12.4 Å². The molecule has 0 aliphatic heterocycles. The highest BCUT2D eigenvalue weighted by Gasteiger charge is 2.08. The van der Waals surface area contributed by atoms with E-state index in [0.29, 0.717) is 6.54 Å². The number of aromatic nitrogens is 1. The number of ether oxygens (including phenoxy) is 1. The van der Waals surface area contributed by atoms with Gasteiger partial charge in [-0.1, -0.05) is 23.2 Å². The molecule has 0 amide bonds. The summed E-state index contributed by atoms with van der Waals surface area (Å²) < 4.78 is 6.91. The van der Waals surface area contributed by atoms with Gasteiger partial charge >= 0.3 is 4.87 Å². The first-order valence-corrected chi connectivity index (χ1v) is 6.95. The quantitative estimate of drug-likeness (QED) is 0.874. The zero-order valence-electron chi connectivity index (χ0n) is 11.3. The van der Waals surface area contributed by atoms with Gasteiger partial charge < -0.3 is 9.84 Å². The lowest BCUT2D eigenvalue weighted by Crippen LogP contribution is -2.16. The van der Waals surface area contributed by atoms with Gasteiger partial charge in [-0.15, -0.1) is 0 Å². The van der Waals surface area contributed by atoms with Crippen LogP contribution in [-0.4, -0.2) is 23.4 Å². The maximum Gasteiger partial charge on any atom is 0.307 e. The molecule has 2 aromatic rings. The van der Waals surface area contributed by atoms with Gasteiger partial charge in [0.05, 0.1) is 13.7 Å². The van der Waals surface area contributed by atoms with E-state index in [1.165, 1.54) is 11.3 Å². The molecular formula is C15H15NO3S. The van der Waals surface area contributed by atoms with E-state index in [9.17, 15) is 4.79 Å². The molecule has 0 aliphatic carbocycles. The van der Waals surface area contributed by atoms with E-state index < -0.39 is 0 Å². The minimum absolute atomic E-state index is 0.00591. The van der Waals surface area contributed by atoms with Crippen LogP contribution in [0.1, 0.15) is 16.8 Å². The molecule has 20 heavy (non-hydrogen) atoms. The topological polar surface area (TPSA) is 51.5 Å². The molecule has 2 rings (SSSR count). The summed E-state index contributed by atoms with van der Waals surface area (Å²) in [5.74, 6) is 6.25. The van der Waals surface area contributed by atoms with E-state index in [1.807, 2.05) is 30.5 Å². The van der Waals surface area contributed by atoms with Crippen molar-refractivity contribution in [1.82, 2.24) is 4.57 Å². The number of aryl methyl sites for hydroxylation is 1. The number of thiazole rings is 1. The molecule has 0 unspecified atom stereocenters. The molecule has 0 atom stereocenters. The predicted octanol–water partition coefficient (Wildman–Crippen LogP) is 1.62. The Morgan fingerprint density at radius 1 is 1.45 bits per heavy atom. The Morgan fingerprint density at radius 3 is 2.85 bits per heavy atom. The zero-order valence-corrected chi connectivity index (χ0v) is 12.2. The van der Waals surface area contributed by atoms with E-state index in [0.717, 1.165) is 22.6 Å². The smallest absolute Gasteiger partial charge is 0.307 e.